The van der Waals surface area contributed by atoms with Crippen molar-refractivity contribution < 1.29 is 50.8 Å². The predicted octanol–water partition coefficient (Wildman–Crippen LogP) is 6.02. The molecule has 2 aromatic rings. The van der Waals surface area contributed by atoms with Gasteiger partial charge in [0.25, 0.3) is 11.4 Å². The first kappa shape index (κ1) is 81.1. The molecule has 96 heavy (non-hydrogen) atoms. The Kier molecular flexibility index (Phi) is 48.3. The van der Waals surface area contributed by atoms with Gasteiger partial charge in [-0.25, -0.2) is 22.4 Å². The van der Waals surface area contributed by atoms with Gasteiger partial charge in [0.15, 0.2) is 12.3 Å². The Morgan fingerprint density at radius 3 is 0.812 bits per heavy atom. The van der Waals surface area contributed by atoms with Crippen molar-refractivity contribution in [3.63, 3.8) is 0 Å². The van der Waals surface area contributed by atoms with Gasteiger partial charge in [-0.3, -0.25) is 20.2 Å². The van der Waals surface area contributed by atoms with E-state index in [2.05, 4.69) is 342 Å². The van der Waals surface area contributed by atoms with E-state index >= 15 is 0 Å². The van der Waals surface area contributed by atoms with Gasteiger partial charge in [-0.1, -0.05) is 30.2 Å². The lowest BCUT2D eigenvalue weighted by Gasteiger charge is -2.18. The molecular formula is C81H24F6N2O7. The molecule has 0 aliphatic carbocycles. The summed E-state index contributed by atoms with van der Waals surface area (Å²) in [6.07, 6.45) is 8.98. The number of carbonyl (C=O) groups is 1. The van der Waals surface area contributed by atoms with E-state index in [1.165, 1.54) is 6.92 Å². The van der Waals surface area contributed by atoms with E-state index in [0.717, 1.165) is 36.4 Å². The topological polar surface area (TPSA) is 133 Å². The second-order valence-electron chi connectivity index (χ2n) is 14.0. The monoisotopic (exact) mass is 1250 g/mol. The highest BCUT2D eigenvalue weighted by Gasteiger charge is 2.50. The Morgan fingerprint density at radius 2 is 0.625 bits per heavy atom. The number of terminal acetylenes is 3. The molecule has 0 aromatic heterocycles. The quantitative estimate of drug-likeness (QED) is 0.107. The largest absolute Gasteiger partial charge is 0.461 e. The van der Waals surface area contributed by atoms with E-state index in [9.17, 15) is 51.4 Å². The van der Waals surface area contributed by atoms with Crippen molar-refractivity contribution in [3.8, 4) is 357 Å². The molecule has 2 unspecified atom stereocenters. The third-order valence-corrected chi connectivity index (χ3v) is 7.72. The van der Waals surface area contributed by atoms with Crippen LogP contribution in [0.5, 0.6) is 0 Å². The maximum absolute atomic E-state index is 13.7. The van der Waals surface area contributed by atoms with Crippen molar-refractivity contribution in [3.05, 3.63) is 79.9 Å². The molecule has 0 saturated heterocycles. The Bertz CT molecular complexity index is 5280. The molecule has 0 aliphatic rings. The van der Waals surface area contributed by atoms with Crippen molar-refractivity contribution in [2.45, 2.75) is 38.0 Å². The smallest absolute Gasteiger partial charge is 0.380 e. The molecule has 0 heterocycles. The average molecular weight is 1250 g/mol. The molecule has 1 N–H and O–H groups in total. The van der Waals surface area contributed by atoms with E-state index < -0.39 is 69.1 Å². The molecule has 0 spiro atoms. The van der Waals surface area contributed by atoms with Gasteiger partial charge in [0.2, 0.25) is 0 Å². The van der Waals surface area contributed by atoms with Crippen LogP contribution in [0.25, 0.3) is 0 Å². The van der Waals surface area contributed by atoms with Crippen LogP contribution in [0.4, 0.5) is 37.7 Å². The van der Waals surface area contributed by atoms with Crippen molar-refractivity contribution in [1.82, 2.24) is 0 Å². The number of benzene rings is 2. The second-order valence-corrected chi connectivity index (χ2v) is 14.0. The zero-order valence-corrected chi connectivity index (χ0v) is 49.0. The molecular weight excluding hydrogens is 1230 g/mol. The average Bonchev–Trinajstić information content (AvgIpc) is 0.850. The number of carbonyl (C=O) groups excluding carboxylic acids is 1. The zero-order chi connectivity index (χ0) is 71.3. The normalized spacial score (nSPS) is 7.23. The zero-order valence-electron chi connectivity index (χ0n) is 49.0. The predicted molar refractivity (Wildman–Crippen MR) is 350 cm³/mol. The van der Waals surface area contributed by atoms with E-state index in [1.54, 1.807) is 6.92 Å². The van der Waals surface area contributed by atoms with Crippen LogP contribution in [0, 0.1) is 377 Å². The summed E-state index contributed by atoms with van der Waals surface area (Å²) >= 11 is 0. The van der Waals surface area contributed by atoms with E-state index in [1.807, 2.05) is 0 Å². The molecule has 0 saturated carbocycles. The summed E-state index contributed by atoms with van der Waals surface area (Å²) in [5.74, 6) is 130. The van der Waals surface area contributed by atoms with Crippen LogP contribution in [-0.4, -0.2) is 46.0 Å². The van der Waals surface area contributed by atoms with Crippen LogP contribution in [0.15, 0.2) is 48.5 Å². The van der Waals surface area contributed by atoms with Gasteiger partial charge < -0.3 is 9.84 Å². The number of hydrogen-bond donors (Lipinski definition) is 1. The molecule has 0 aliphatic heterocycles. The lowest BCUT2D eigenvalue weighted by Crippen LogP contribution is -2.35. The summed E-state index contributed by atoms with van der Waals surface area (Å²) in [5, 5.41) is 29.1. The third-order valence-electron chi connectivity index (χ3n) is 7.72. The van der Waals surface area contributed by atoms with Gasteiger partial charge in [0.1, 0.15) is 6.61 Å². The molecule has 2 atom stereocenters. The summed E-state index contributed by atoms with van der Waals surface area (Å²) < 4.78 is 83.3. The van der Waals surface area contributed by atoms with Crippen LogP contribution in [0.2, 0.25) is 0 Å². The number of halogens is 6. The molecule has 9 nitrogen and oxygen atoms in total. The first-order valence-electron chi connectivity index (χ1n) is 24.6. The van der Waals surface area contributed by atoms with Gasteiger partial charge in [0.05, 0.1) is 16.5 Å². The summed E-state index contributed by atoms with van der Waals surface area (Å²) in [6, 6.07) is 7.55. The van der Waals surface area contributed by atoms with Crippen molar-refractivity contribution >= 4 is 17.3 Å². The van der Waals surface area contributed by atoms with Gasteiger partial charge in [-0.05, 0) is 214 Å². The molecule has 2 rings (SSSR count). The summed E-state index contributed by atoms with van der Waals surface area (Å²) in [4.78, 5) is 30.1. The highest BCUT2D eigenvalue weighted by atomic mass is 19.3. The standard InChI is InChI=1S/C31H4.C30H2.C11H10F3NO4.C9H8F3NO3/c1-3-5-7-9-11-13-15-17-19-21-23-25-27-29-31-30-28-26-24-22-20-18-16-14-12-10-8-6-4-2;1-3-5-7-9-11-13-15-17-19-21-23-25-27-29-30-28-26-24-22-20-18-16-14-12-10-8-6-4-2;1-2-19-10(16)11(13,14)9(12)7-4-3-5-8(6-7)15(17)18;10-8(9(11,12)5-14)6-2-1-3-7(4-6)13(15)16/h1H,2H3;1-2H;3-6,9H,2H2,1H3;1-4,8,14H,5H2. The number of esters is 1. The summed E-state index contributed by atoms with van der Waals surface area (Å²) in [5.41, 5.74) is -2.21. The number of non-ortho nitro benzene ring substituents is 2. The van der Waals surface area contributed by atoms with Crippen LogP contribution < -0.4 is 0 Å². The fraction of sp³-hybridized carbons (Fsp3) is 0.0988. The highest BCUT2D eigenvalue weighted by Crippen LogP contribution is 2.37. The van der Waals surface area contributed by atoms with Crippen molar-refractivity contribution in [2.24, 2.45) is 0 Å². The maximum atomic E-state index is 13.7. The van der Waals surface area contributed by atoms with E-state index in [4.69, 9.17) is 24.4 Å². The SMILES string of the molecule is C#CC#CC#CC#CC#CC#CC#CC#CC#CC#CC#CC#CC#CC#CC#C.C#CC#CC#CC#CC#CC#CC#CC#CC#CC#CC#CC#CC#CC#CC#CC.CCOC(=O)C(F)(F)C(F)c1cccc([N+](=O)[O-])c1.O=[N+]([O-])c1cccc(C(F)C(F)(F)CO)c1. The van der Waals surface area contributed by atoms with Gasteiger partial charge in [-0.15, -0.1) is 19.3 Å². The van der Waals surface area contributed by atoms with E-state index in [0.29, 0.717) is 12.1 Å². The fourth-order valence-corrected chi connectivity index (χ4v) is 4.16. The number of nitro groups is 2. The van der Waals surface area contributed by atoms with E-state index in [-0.39, 0.29) is 6.61 Å². The van der Waals surface area contributed by atoms with Crippen LogP contribution >= 0.6 is 0 Å². The highest BCUT2D eigenvalue weighted by molar-refractivity contribution is 5.78. The molecule has 2 aromatic carbocycles. The first-order chi connectivity index (χ1) is 46.5. The van der Waals surface area contributed by atoms with Crippen molar-refractivity contribution in [1.29, 1.82) is 0 Å². The lowest BCUT2D eigenvalue weighted by molar-refractivity contribution is -0.385. The van der Waals surface area contributed by atoms with Crippen LogP contribution in [-0.2, 0) is 9.53 Å². The Morgan fingerprint density at radius 1 is 0.417 bits per heavy atom. The number of ether oxygens (including phenoxy) is 1. The molecule has 0 fully saturated rings. The molecule has 442 valence electrons. The number of nitro benzene ring substituents is 2. The van der Waals surface area contributed by atoms with Crippen LogP contribution in [0.1, 0.15) is 37.3 Å². The number of alkyl halides is 6. The number of aliphatic hydroxyl groups excluding tert-OH is 1. The van der Waals surface area contributed by atoms with Gasteiger partial charge >= 0.3 is 17.8 Å². The summed E-state index contributed by atoms with van der Waals surface area (Å²) in [6.45, 7) is 1.01. The summed E-state index contributed by atoms with van der Waals surface area (Å²) in [7, 11) is 0. The van der Waals surface area contributed by atoms with Gasteiger partial charge in [0, 0.05) is 166 Å². The molecule has 0 bridgehead atoms. The van der Waals surface area contributed by atoms with Crippen LogP contribution in [0.3, 0.4) is 0 Å². The number of aliphatic hydroxyl groups is 1. The Hall–Kier alpha value is -17.0. The number of rotatable bonds is 9. The minimum atomic E-state index is -4.40. The Balaban J connectivity index is 0. The number of hydrogen-bond acceptors (Lipinski definition) is 7. The minimum absolute atomic E-state index is 0.323. The molecule has 15 heteroatoms. The second kappa shape index (κ2) is 57.1. The van der Waals surface area contributed by atoms with Crippen molar-refractivity contribution in [2.75, 3.05) is 13.2 Å². The first-order valence-corrected chi connectivity index (χ1v) is 24.6. The lowest BCUT2D eigenvalue weighted by atomic mass is 10.0. The maximum Gasteiger partial charge on any atom is 0.380 e. The molecule has 0 radical (unpaired) electrons. The Labute approximate surface area is 553 Å². The van der Waals surface area contributed by atoms with Gasteiger partial charge in [-0.2, -0.15) is 8.78 Å². The number of nitrogens with zero attached hydrogens (tertiary/aromatic N) is 2. The minimum Gasteiger partial charge on any atom is -0.461 e. The fourth-order valence-electron chi connectivity index (χ4n) is 4.16. The molecule has 0 amide bonds. The third kappa shape index (κ3) is 46.4.